The lowest BCUT2D eigenvalue weighted by Gasteiger charge is -2.33. The van der Waals surface area contributed by atoms with Crippen LogP contribution in [0, 0.1) is 11.8 Å². The molecule has 27 heavy (non-hydrogen) atoms. The number of anilines is 1. The molecule has 2 rings (SSSR count). The number of carbonyl (C=O) groups is 2. The Balaban J connectivity index is 2.06. The van der Waals surface area contributed by atoms with Crippen LogP contribution in [-0.4, -0.2) is 52.8 Å². The monoisotopic (exact) mass is 405 g/mol. The molecule has 1 unspecified atom stereocenters. The molecule has 1 aliphatic heterocycles. The molecule has 1 amide bonds. The number of ether oxygens (including phenoxy) is 1. The molecule has 0 spiro atoms. The number of carbonyl (C=O) groups excluding carboxylic acids is 1. The minimum absolute atomic E-state index is 0.109. The molecule has 0 aromatic carbocycles. The highest BCUT2D eigenvalue weighted by Crippen LogP contribution is 2.27. The third-order valence-corrected chi connectivity index (χ3v) is 4.78. The Morgan fingerprint density at radius 2 is 2.15 bits per heavy atom. The third kappa shape index (κ3) is 5.41. The molecule has 1 aromatic rings. The van der Waals surface area contributed by atoms with Crippen molar-refractivity contribution in [1.29, 1.82) is 0 Å². The van der Waals surface area contributed by atoms with Crippen molar-refractivity contribution in [2.45, 2.75) is 45.1 Å². The van der Waals surface area contributed by atoms with Crippen LogP contribution in [0.2, 0.25) is 5.02 Å². The molecule has 1 aromatic heterocycles. The van der Waals surface area contributed by atoms with Gasteiger partial charge in [-0.15, -0.1) is 0 Å². The van der Waals surface area contributed by atoms with E-state index >= 15 is 0 Å². The van der Waals surface area contributed by atoms with Gasteiger partial charge in [-0.1, -0.05) is 11.6 Å². The predicted octanol–water partition coefficient (Wildman–Crippen LogP) is 3.45. The summed E-state index contributed by atoms with van der Waals surface area (Å²) in [6.07, 6.45) is 1.37. The topological polar surface area (TPSA) is 91.8 Å². The highest BCUT2D eigenvalue weighted by Gasteiger charge is 2.26. The second-order valence-electron chi connectivity index (χ2n) is 6.18. The van der Waals surface area contributed by atoms with Crippen LogP contribution < -0.4 is 5.32 Å². The van der Waals surface area contributed by atoms with E-state index in [0.29, 0.717) is 19.4 Å². The fraction of sp³-hybridized carbons (Fsp3) is 0.588. The number of hydrogen-bond donors (Lipinski definition) is 2. The minimum atomic E-state index is -1.09. The maximum Gasteiger partial charge on any atom is 0.407 e. The van der Waals surface area contributed by atoms with E-state index in [1.807, 2.05) is 0 Å². The summed E-state index contributed by atoms with van der Waals surface area (Å²) in [5.41, 5.74) is -0.324. The Morgan fingerprint density at radius 3 is 2.81 bits per heavy atom. The first-order chi connectivity index (χ1) is 12.8. The summed E-state index contributed by atoms with van der Waals surface area (Å²) in [7, 11) is 0. The first-order valence-corrected chi connectivity index (χ1v) is 9.15. The van der Waals surface area contributed by atoms with E-state index in [1.54, 1.807) is 6.92 Å². The number of halogens is 3. The van der Waals surface area contributed by atoms with Crippen LogP contribution in [0.4, 0.5) is 19.4 Å². The number of pyridine rings is 1. The van der Waals surface area contributed by atoms with Gasteiger partial charge in [-0.25, -0.2) is 9.18 Å². The van der Waals surface area contributed by atoms with Gasteiger partial charge in [-0.3, -0.25) is 4.79 Å². The van der Waals surface area contributed by atoms with Crippen LogP contribution in [0.5, 0.6) is 0 Å². The van der Waals surface area contributed by atoms with E-state index in [-0.39, 0.29) is 30.6 Å². The second-order valence-corrected chi connectivity index (χ2v) is 6.56. The van der Waals surface area contributed by atoms with Crippen LogP contribution >= 0.6 is 11.6 Å². The zero-order valence-electron chi connectivity index (χ0n) is 14.9. The van der Waals surface area contributed by atoms with E-state index < -0.39 is 35.3 Å². The van der Waals surface area contributed by atoms with Crippen LogP contribution in [0.15, 0.2) is 0 Å². The Labute approximate surface area is 160 Å². The van der Waals surface area contributed by atoms with E-state index in [1.165, 1.54) is 4.90 Å². The van der Waals surface area contributed by atoms with Crippen molar-refractivity contribution in [1.82, 2.24) is 9.88 Å². The van der Waals surface area contributed by atoms with Crippen LogP contribution in [-0.2, 0) is 16.0 Å². The number of amides is 1. The SMILES string of the molecule is CCOC(=O)Cc1c(F)c(NCCC2CCCCN2C(=O)O)nc(F)c1Cl. The molecular weight excluding hydrogens is 384 g/mol. The lowest BCUT2D eigenvalue weighted by molar-refractivity contribution is -0.142. The number of aromatic nitrogens is 1. The van der Waals surface area contributed by atoms with Crippen molar-refractivity contribution in [3.63, 3.8) is 0 Å². The number of carboxylic acid groups (broad SMARTS) is 1. The van der Waals surface area contributed by atoms with E-state index in [2.05, 4.69) is 10.3 Å². The maximum absolute atomic E-state index is 14.6. The zero-order chi connectivity index (χ0) is 20.0. The van der Waals surface area contributed by atoms with Crippen molar-refractivity contribution in [2.75, 3.05) is 25.0 Å². The molecule has 2 heterocycles. The number of esters is 1. The summed E-state index contributed by atoms with van der Waals surface area (Å²) < 4.78 is 33.3. The maximum atomic E-state index is 14.6. The fourth-order valence-electron chi connectivity index (χ4n) is 3.10. The first kappa shape index (κ1) is 21.1. The average molecular weight is 406 g/mol. The molecule has 0 saturated carbocycles. The van der Waals surface area contributed by atoms with Crippen LogP contribution in [0.3, 0.4) is 0 Å². The standard InChI is InChI=1S/C17H22ClF2N3O4/c1-2-27-12(24)9-11-13(18)15(20)22-16(14(11)19)21-7-6-10-5-3-4-8-23(10)17(25)26/h10H,2-9H2,1H3,(H,21,22)(H,25,26). The Morgan fingerprint density at radius 1 is 1.41 bits per heavy atom. The molecule has 1 saturated heterocycles. The zero-order valence-corrected chi connectivity index (χ0v) is 15.7. The molecule has 0 aliphatic carbocycles. The van der Waals surface area contributed by atoms with Gasteiger partial charge in [-0.05, 0) is 32.6 Å². The molecule has 1 fully saturated rings. The number of likely N-dealkylation sites (tertiary alicyclic amines) is 1. The van der Waals surface area contributed by atoms with Gasteiger partial charge in [0.25, 0.3) is 0 Å². The summed E-state index contributed by atoms with van der Waals surface area (Å²) in [5, 5.41) is 11.3. The molecule has 1 aliphatic rings. The fourth-order valence-corrected chi connectivity index (χ4v) is 3.29. The van der Waals surface area contributed by atoms with Gasteiger partial charge in [0.1, 0.15) is 5.02 Å². The number of hydrogen-bond acceptors (Lipinski definition) is 5. The van der Waals surface area contributed by atoms with Gasteiger partial charge < -0.3 is 20.1 Å². The molecular formula is C17H22ClF2N3O4. The first-order valence-electron chi connectivity index (χ1n) is 8.77. The number of nitrogens with one attached hydrogen (secondary N) is 1. The lowest BCUT2D eigenvalue weighted by Crippen LogP contribution is -2.43. The average Bonchev–Trinajstić information content (AvgIpc) is 2.63. The van der Waals surface area contributed by atoms with Crippen molar-refractivity contribution in [2.24, 2.45) is 0 Å². The highest BCUT2D eigenvalue weighted by atomic mass is 35.5. The summed E-state index contributed by atoms with van der Waals surface area (Å²) in [6, 6.07) is -0.192. The summed E-state index contributed by atoms with van der Waals surface area (Å²) in [6.45, 7) is 2.37. The van der Waals surface area contributed by atoms with Gasteiger partial charge >= 0.3 is 12.1 Å². The minimum Gasteiger partial charge on any atom is -0.466 e. The predicted molar refractivity (Wildman–Crippen MR) is 95.0 cm³/mol. The Bertz CT molecular complexity index is 705. The Kier molecular flexibility index (Phi) is 7.58. The van der Waals surface area contributed by atoms with Gasteiger partial charge in [0.05, 0.1) is 13.0 Å². The largest absolute Gasteiger partial charge is 0.466 e. The highest BCUT2D eigenvalue weighted by molar-refractivity contribution is 6.31. The molecule has 7 nitrogen and oxygen atoms in total. The summed E-state index contributed by atoms with van der Waals surface area (Å²) >= 11 is 5.74. The molecule has 1 atom stereocenters. The van der Waals surface area contributed by atoms with Crippen molar-refractivity contribution < 1.29 is 28.2 Å². The van der Waals surface area contributed by atoms with Crippen LogP contribution in [0.25, 0.3) is 0 Å². The second kappa shape index (κ2) is 9.68. The normalized spacial score (nSPS) is 16.9. The van der Waals surface area contributed by atoms with Crippen molar-refractivity contribution in [3.8, 4) is 0 Å². The van der Waals surface area contributed by atoms with Gasteiger partial charge in [0, 0.05) is 24.7 Å². The summed E-state index contributed by atoms with van der Waals surface area (Å²) in [4.78, 5) is 27.7. The van der Waals surface area contributed by atoms with E-state index in [0.717, 1.165) is 12.8 Å². The van der Waals surface area contributed by atoms with Crippen LogP contribution in [0.1, 0.15) is 38.2 Å². The Hall–Kier alpha value is -2.16. The number of piperidine rings is 1. The molecule has 0 radical (unpaired) electrons. The lowest BCUT2D eigenvalue weighted by atomic mass is 10.00. The van der Waals surface area contributed by atoms with Gasteiger partial charge in [0.2, 0.25) is 5.95 Å². The number of rotatable bonds is 7. The smallest absolute Gasteiger partial charge is 0.407 e. The molecule has 0 bridgehead atoms. The molecule has 10 heteroatoms. The van der Waals surface area contributed by atoms with E-state index in [4.69, 9.17) is 16.3 Å². The molecule has 150 valence electrons. The molecule has 2 N–H and O–H groups in total. The van der Waals surface area contributed by atoms with Crippen molar-refractivity contribution >= 4 is 29.5 Å². The van der Waals surface area contributed by atoms with E-state index in [9.17, 15) is 23.5 Å². The van der Waals surface area contributed by atoms with Gasteiger partial charge in [-0.2, -0.15) is 9.37 Å². The summed E-state index contributed by atoms with van der Waals surface area (Å²) in [5.74, 6) is -3.11. The third-order valence-electron chi connectivity index (χ3n) is 4.40. The van der Waals surface area contributed by atoms with Crippen molar-refractivity contribution in [3.05, 3.63) is 22.4 Å². The quantitative estimate of drug-likeness (QED) is 0.533. The number of nitrogens with zero attached hydrogens (tertiary/aromatic N) is 2. The van der Waals surface area contributed by atoms with Gasteiger partial charge in [0.15, 0.2) is 11.6 Å².